The van der Waals surface area contributed by atoms with E-state index in [4.69, 9.17) is 4.42 Å². The average Bonchev–Trinajstić information content (AvgIpc) is 3.46. The van der Waals surface area contributed by atoms with Gasteiger partial charge in [-0.15, -0.1) is 24.0 Å². The van der Waals surface area contributed by atoms with Gasteiger partial charge in [-0.25, -0.2) is 13.1 Å². The zero-order valence-electron chi connectivity index (χ0n) is 18.9. The number of hydrogen-bond acceptors (Lipinski definition) is 5. The summed E-state index contributed by atoms with van der Waals surface area (Å²) < 4.78 is 33.5. The lowest BCUT2D eigenvalue weighted by Crippen LogP contribution is -2.44. The Balaban J connectivity index is 0.00000363. The fourth-order valence-electron chi connectivity index (χ4n) is 3.80. The van der Waals surface area contributed by atoms with Crippen molar-refractivity contribution in [1.82, 2.24) is 20.3 Å². The van der Waals surface area contributed by atoms with Crippen LogP contribution in [0.4, 0.5) is 0 Å². The molecule has 1 aliphatic heterocycles. The molecule has 0 radical (unpaired) electrons. The fraction of sp³-hybridized carbons (Fsp3) is 0.500. The summed E-state index contributed by atoms with van der Waals surface area (Å²) in [7, 11) is -1.85. The summed E-state index contributed by atoms with van der Waals surface area (Å²) in [6, 6.07) is 9.47. The molecule has 1 aromatic carbocycles. The van der Waals surface area contributed by atoms with Crippen LogP contribution in [-0.4, -0.2) is 59.0 Å². The van der Waals surface area contributed by atoms with Gasteiger partial charge >= 0.3 is 0 Å². The number of furan rings is 1. The van der Waals surface area contributed by atoms with Gasteiger partial charge in [0.05, 0.1) is 17.2 Å². The zero-order chi connectivity index (χ0) is 22.3. The molecule has 1 fully saturated rings. The Bertz CT molecular complexity index is 973. The summed E-state index contributed by atoms with van der Waals surface area (Å²) in [5.74, 6) is 1.56. The average molecular weight is 576 g/mol. The first-order valence-electron chi connectivity index (χ1n) is 10.7. The number of nitrogens with zero attached hydrogens (tertiary/aromatic N) is 2. The minimum atomic E-state index is -3.55. The number of likely N-dealkylation sites (tertiary alicyclic amines) is 1. The molecule has 3 N–H and O–H groups in total. The largest absolute Gasteiger partial charge is 0.468 e. The third-order valence-electron chi connectivity index (χ3n) is 5.48. The molecule has 0 bridgehead atoms. The second-order valence-corrected chi connectivity index (χ2v) is 9.56. The number of rotatable bonds is 9. The van der Waals surface area contributed by atoms with E-state index in [9.17, 15) is 8.42 Å². The Morgan fingerprint density at radius 2 is 1.91 bits per heavy atom. The number of aliphatic imine (C=N–C) groups is 1. The maximum absolute atomic E-state index is 12.6. The SMILES string of the molecule is CN=C(NCCNS(=O)(=O)c1cc(C)ccc1C)NCC(c1ccco1)N1CCCC1.I. The smallest absolute Gasteiger partial charge is 0.240 e. The minimum Gasteiger partial charge on any atom is -0.468 e. The Hall–Kier alpha value is -1.63. The van der Waals surface area contributed by atoms with Crippen LogP contribution in [0.15, 0.2) is 50.9 Å². The predicted molar refractivity (Wildman–Crippen MR) is 138 cm³/mol. The molecular formula is C22H34IN5O3S. The third kappa shape index (κ3) is 7.19. The lowest BCUT2D eigenvalue weighted by atomic mass is 10.2. The molecule has 1 aromatic heterocycles. The summed E-state index contributed by atoms with van der Waals surface area (Å²) in [5, 5.41) is 6.51. The standard InChI is InChI=1S/C22H33N5O3S.HI/c1-17-8-9-18(2)21(15-17)31(28,29)26-11-10-24-22(23-3)25-16-19(20-7-6-14-30-20)27-12-4-5-13-27;/h6-9,14-15,19,26H,4-5,10-13,16H2,1-3H3,(H2,23,24,25);1H. The molecule has 1 unspecified atom stereocenters. The van der Waals surface area contributed by atoms with E-state index in [1.165, 1.54) is 12.8 Å². The highest BCUT2D eigenvalue weighted by molar-refractivity contribution is 14.0. The number of benzene rings is 1. The van der Waals surface area contributed by atoms with Crippen LogP contribution < -0.4 is 15.4 Å². The van der Waals surface area contributed by atoms with E-state index in [2.05, 4.69) is 25.2 Å². The van der Waals surface area contributed by atoms with Crippen molar-refractivity contribution >= 4 is 40.0 Å². The van der Waals surface area contributed by atoms with E-state index in [0.29, 0.717) is 23.9 Å². The quantitative estimate of drug-likeness (QED) is 0.184. The van der Waals surface area contributed by atoms with Crippen LogP contribution in [0.5, 0.6) is 0 Å². The van der Waals surface area contributed by atoms with Crippen molar-refractivity contribution in [2.45, 2.75) is 37.6 Å². The van der Waals surface area contributed by atoms with E-state index in [1.807, 2.05) is 31.2 Å². The molecule has 0 amide bonds. The Morgan fingerprint density at radius 1 is 1.16 bits per heavy atom. The molecular weight excluding hydrogens is 541 g/mol. The Labute approximate surface area is 208 Å². The van der Waals surface area contributed by atoms with Gasteiger partial charge in [-0.1, -0.05) is 12.1 Å². The number of nitrogens with one attached hydrogen (secondary N) is 3. The summed E-state index contributed by atoms with van der Waals surface area (Å²) in [4.78, 5) is 6.99. The molecule has 3 rings (SSSR count). The van der Waals surface area contributed by atoms with Crippen molar-refractivity contribution in [3.63, 3.8) is 0 Å². The van der Waals surface area contributed by atoms with Crippen molar-refractivity contribution in [1.29, 1.82) is 0 Å². The minimum absolute atomic E-state index is 0. The summed E-state index contributed by atoms with van der Waals surface area (Å²) in [5.41, 5.74) is 1.65. The van der Waals surface area contributed by atoms with Gasteiger partial charge in [-0.3, -0.25) is 9.89 Å². The van der Waals surface area contributed by atoms with Gasteiger partial charge in [0.2, 0.25) is 10.0 Å². The van der Waals surface area contributed by atoms with Gasteiger partial charge in [-0.2, -0.15) is 0 Å². The van der Waals surface area contributed by atoms with Crippen LogP contribution in [0.3, 0.4) is 0 Å². The molecule has 32 heavy (non-hydrogen) atoms. The number of hydrogen-bond donors (Lipinski definition) is 3. The molecule has 1 aliphatic rings. The number of halogens is 1. The van der Waals surface area contributed by atoms with Gasteiger partial charge in [0.1, 0.15) is 5.76 Å². The molecule has 0 spiro atoms. The number of guanidine groups is 1. The van der Waals surface area contributed by atoms with Crippen LogP contribution >= 0.6 is 24.0 Å². The van der Waals surface area contributed by atoms with Crippen LogP contribution in [0.25, 0.3) is 0 Å². The van der Waals surface area contributed by atoms with Gasteiger partial charge < -0.3 is 15.1 Å². The molecule has 0 aliphatic carbocycles. The molecule has 0 saturated carbocycles. The summed E-state index contributed by atoms with van der Waals surface area (Å²) in [6.45, 7) is 7.12. The van der Waals surface area contributed by atoms with Gasteiger partial charge in [0.25, 0.3) is 0 Å². The second kappa shape index (κ2) is 12.6. The van der Waals surface area contributed by atoms with Crippen molar-refractivity contribution < 1.29 is 12.8 Å². The monoisotopic (exact) mass is 575 g/mol. The van der Waals surface area contributed by atoms with E-state index in [1.54, 1.807) is 26.3 Å². The fourth-order valence-corrected chi connectivity index (χ4v) is 5.16. The van der Waals surface area contributed by atoms with Crippen molar-refractivity contribution in [2.75, 3.05) is 39.8 Å². The van der Waals surface area contributed by atoms with Crippen LogP contribution in [0.1, 0.15) is 35.8 Å². The Kier molecular flexibility index (Phi) is 10.5. The third-order valence-corrected chi connectivity index (χ3v) is 7.09. The lowest BCUT2D eigenvalue weighted by molar-refractivity contribution is 0.215. The predicted octanol–water partition coefficient (Wildman–Crippen LogP) is 2.79. The highest BCUT2D eigenvalue weighted by Crippen LogP contribution is 2.24. The van der Waals surface area contributed by atoms with Gasteiger partial charge in [0.15, 0.2) is 5.96 Å². The molecule has 10 heteroatoms. The zero-order valence-corrected chi connectivity index (χ0v) is 22.1. The van der Waals surface area contributed by atoms with Crippen molar-refractivity contribution in [2.24, 2.45) is 4.99 Å². The first-order valence-corrected chi connectivity index (χ1v) is 12.2. The molecule has 2 aromatic rings. The van der Waals surface area contributed by atoms with Crippen LogP contribution in [0, 0.1) is 13.8 Å². The summed E-state index contributed by atoms with van der Waals surface area (Å²) >= 11 is 0. The van der Waals surface area contributed by atoms with E-state index < -0.39 is 10.0 Å². The van der Waals surface area contributed by atoms with Gasteiger partial charge in [0, 0.05) is 26.7 Å². The van der Waals surface area contributed by atoms with E-state index in [-0.39, 0.29) is 36.6 Å². The molecule has 1 atom stereocenters. The topological polar surface area (TPSA) is 99.0 Å². The number of sulfonamides is 1. The normalized spacial score (nSPS) is 15.9. The maximum Gasteiger partial charge on any atom is 0.240 e. The Morgan fingerprint density at radius 3 is 2.56 bits per heavy atom. The van der Waals surface area contributed by atoms with Crippen LogP contribution in [0.2, 0.25) is 0 Å². The highest BCUT2D eigenvalue weighted by atomic mass is 127. The van der Waals surface area contributed by atoms with Crippen LogP contribution in [-0.2, 0) is 10.0 Å². The molecule has 178 valence electrons. The second-order valence-electron chi connectivity index (χ2n) is 7.82. The van der Waals surface area contributed by atoms with E-state index in [0.717, 1.165) is 30.0 Å². The maximum atomic E-state index is 12.6. The highest BCUT2D eigenvalue weighted by Gasteiger charge is 2.25. The molecule has 1 saturated heterocycles. The molecule has 2 heterocycles. The van der Waals surface area contributed by atoms with Crippen molar-refractivity contribution in [3.8, 4) is 0 Å². The van der Waals surface area contributed by atoms with Gasteiger partial charge in [-0.05, 0) is 69.1 Å². The summed E-state index contributed by atoms with van der Waals surface area (Å²) in [6.07, 6.45) is 4.10. The molecule has 8 nitrogen and oxygen atoms in total. The van der Waals surface area contributed by atoms with Crippen molar-refractivity contribution in [3.05, 3.63) is 53.5 Å². The first-order chi connectivity index (χ1) is 14.9. The lowest BCUT2D eigenvalue weighted by Gasteiger charge is -2.26. The number of aryl methyl sites for hydroxylation is 2. The first kappa shape index (κ1) is 26.6. The van der Waals surface area contributed by atoms with E-state index >= 15 is 0 Å².